The largest absolute Gasteiger partial charge is 0.325 e. The second kappa shape index (κ2) is 4.20. The molecule has 13 heavy (non-hydrogen) atoms. The highest BCUT2D eigenvalue weighted by Gasteiger charge is 2.18. The van der Waals surface area contributed by atoms with Gasteiger partial charge in [0.1, 0.15) is 0 Å². The smallest absolute Gasteiger partial charge is 0.0896 e. The Morgan fingerprint density at radius 3 is 2.77 bits per heavy atom. The van der Waals surface area contributed by atoms with Crippen molar-refractivity contribution in [2.24, 2.45) is 5.73 Å². The molecule has 0 aliphatic rings. The van der Waals surface area contributed by atoms with Crippen LogP contribution in [-0.4, -0.2) is 10.5 Å². The highest BCUT2D eigenvalue weighted by molar-refractivity contribution is 7.11. The van der Waals surface area contributed by atoms with E-state index in [-0.39, 0.29) is 5.54 Å². The van der Waals surface area contributed by atoms with Crippen LogP contribution < -0.4 is 5.73 Å². The molecule has 1 aromatic rings. The number of rotatable bonds is 4. The third kappa shape index (κ3) is 3.44. The maximum absolute atomic E-state index is 6.15. The predicted molar refractivity (Wildman–Crippen MR) is 58.1 cm³/mol. The van der Waals surface area contributed by atoms with E-state index in [2.05, 4.69) is 18.8 Å². The summed E-state index contributed by atoms with van der Waals surface area (Å²) in [4.78, 5) is 5.53. The maximum Gasteiger partial charge on any atom is 0.0896 e. The normalized spacial score (nSPS) is 15.7. The van der Waals surface area contributed by atoms with Crippen molar-refractivity contribution in [3.8, 4) is 0 Å². The lowest BCUT2D eigenvalue weighted by atomic mass is 9.93. The number of hydrogen-bond acceptors (Lipinski definition) is 3. The summed E-state index contributed by atoms with van der Waals surface area (Å²) in [7, 11) is 0. The van der Waals surface area contributed by atoms with Gasteiger partial charge in [-0.25, -0.2) is 4.98 Å². The molecule has 2 nitrogen and oxygen atoms in total. The average Bonchev–Trinajstić information content (AvgIpc) is 2.34. The van der Waals surface area contributed by atoms with E-state index in [0.717, 1.165) is 24.3 Å². The molecule has 0 fully saturated rings. The SMILES string of the molecule is CCCC(C)(N)Cc1cnc(C)s1. The van der Waals surface area contributed by atoms with E-state index < -0.39 is 0 Å². The number of nitrogens with two attached hydrogens (primary N) is 1. The van der Waals surface area contributed by atoms with Crippen molar-refractivity contribution in [3.05, 3.63) is 16.1 Å². The van der Waals surface area contributed by atoms with E-state index in [1.54, 1.807) is 11.3 Å². The first kappa shape index (κ1) is 10.7. The molecule has 1 atom stereocenters. The molecule has 0 radical (unpaired) electrons. The molecule has 0 saturated heterocycles. The molecule has 1 aromatic heterocycles. The van der Waals surface area contributed by atoms with Gasteiger partial charge in [0.15, 0.2) is 0 Å². The van der Waals surface area contributed by atoms with Gasteiger partial charge >= 0.3 is 0 Å². The van der Waals surface area contributed by atoms with Gasteiger partial charge in [-0.1, -0.05) is 13.3 Å². The van der Waals surface area contributed by atoms with Gasteiger partial charge in [0.25, 0.3) is 0 Å². The molecule has 0 spiro atoms. The molecule has 3 heteroatoms. The fourth-order valence-corrected chi connectivity index (χ4v) is 2.54. The lowest BCUT2D eigenvalue weighted by Gasteiger charge is -2.22. The number of aryl methyl sites for hydroxylation is 1. The Bertz CT molecular complexity index is 266. The van der Waals surface area contributed by atoms with Crippen LogP contribution in [0.5, 0.6) is 0 Å². The molecule has 0 amide bonds. The molecule has 1 heterocycles. The fraction of sp³-hybridized carbons (Fsp3) is 0.700. The monoisotopic (exact) mass is 198 g/mol. The van der Waals surface area contributed by atoms with Gasteiger partial charge in [-0.3, -0.25) is 0 Å². The van der Waals surface area contributed by atoms with E-state index in [0.29, 0.717) is 0 Å². The van der Waals surface area contributed by atoms with Crippen LogP contribution in [-0.2, 0) is 6.42 Å². The molecule has 0 aliphatic heterocycles. The van der Waals surface area contributed by atoms with Gasteiger partial charge in [0.05, 0.1) is 5.01 Å². The zero-order chi connectivity index (χ0) is 9.90. The molecule has 1 unspecified atom stereocenters. The number of aromatic nitrogens is 1. The van der Waals surface area contributed by atoms with Crippen molar-refractivity contribution in [1.29, 1.82) is 0 Å². The van der Waals surface area contributed by atoms with Crippen molar-refractivity contribution >= 4 is 11.3 Å². The molecular weight excluding hydrogens is 180 g/mol. The van der Waals surface area contributed by atoms with Gasteiger partial charge in [-0.05, 0) is 20.3 Å². The van der Waals surface area contributed by atoms with Crippen LogP contribution in [0.4, 0.5) is 0 Å². The van der Waals surface area contributed by atoms with Crippen LogP contribution in [0.1, 0.15) is 36.6 Å². The molecule has 0 bridgehead atoms. The minimum Gasteiger partial charge on any atom is -0.325 e. The first-order valence-corrected chi connectivity index (χ1v) is 5.55. The van der Waals surface area contributed by atoms with Crippen LogP contribution in [0.15, 0.2) is 6.20 Å². The summed E-state index contributed by atoms with van der Waals surface area (Å²) in [5.74, 6) is 0. The minimum atomic E-state index is -0.0618. The standard InChI is InChI=1S/C10H18N2S/c1-4-5-10(3,11)6-9-7-12-8(2)13-9/h7H,4-6,11H2,1-3H3. The third-order valence-electron chi connectivity index (χ3n) is 2.07. The Kier molecular flexibility index (Phi) is 3.45. The Morgan fingerprint density at radius 2 is 2.31 bits per heavy atom. The average molecular weight is 198 g/mol. The van der Waals surface area contributed by atoms with Crippen molar-refractivity contribution in [2.45, 2.75) is 45.6 Å². The predicted octanol–water partition coefficient (Wildman–Crippen LogP) is 2.51. The second-order valence-corrected chi connectivity index (χ2v) is 5.25. The Hall–Kier alpha value is -0.410. The fourth-order valence-electron chi connectivity index (χ4n) is 1.54. The lowest BCUT2D eigenvalue weighted by molar-refractivity contribution is 0.427. The van der Waals surface area contributed by atoms with Crippen molar-refractivity contribution in [2.75, 3.05) is 0 Å². The molecule has 2 N–H and O–H groups in total. The van der Waals surface area contributed by atoms with E-state index >= 15 is 0 Å². The topological polar surface area (TPSA) is 38.9 Å². The Balaban J connectivity index is 2.57. The van der Waals surface area contributed by atoms with Crippen molar-refractivity contribution in [1.82, 2.24) is 4.98 Å². The Labute approximate surface area is 84.2 Å². The summed E-state index contributed by atoms with van der Waals surface area (Å²) in [6, 6.07) is 0. The first-order chi connectivity index (χ1) is 6.03. The molecular formula is C10H18N2S. The minimum absolute atomic E-state index is 0.0618. The second-order valence-electron chi connectivity index (χ2n) is 3.93. The van der Waals surface area contributed by atoms with Crippen molar-refractivity contribution < 1.29 is 0 Å². The molecule has 74 valence electrons. The van der Waals surface area contributed by atoms with Crippen LogP contribution in [0.3, 0.4) is 0 Å². The Morgan fingerprint density at radius 1 is 1.62 bits per heavy atom. The van der Waals surface area contributed by atoms with Gasteiger partial charge in [0.2, 0.25) is 0 Å². The van der Waals surface area contributed by atoms with Gasteiger partial charge in [-0.2, -0.15) is 0 Å². The molecule has 0 saturated carbocycles. The highest BCUT2D eigenvalue weighted by atomic mass is 32.1. The van der Waals surface area contributed by atoms with E-state index in [9.17, 15) is 0 Å². The summed E-state index contributed by atoms with van der Waals surface area (Å²) in [5.41, 5.74) is 6.09. The maximum atomic E-state index is 6.15. The van der Waals surface area contributed by atoms with E-state index in [4.69, 9.17) is 5.73 Å². The van der Waals surface area contributed by atoms with Gasteiger partial charge in [-0.15, -0.1) is 11.3 Å². The van der Waals surface area contributed by atoms with E-state index in [1.807, 2.05) is 13.1 Å². The quantitative estimate of drug-likeness (QED) is 0.807. The summed E-state index contributed by atoms with van der Waals surface area (Å²) in [5, 5.41) is 1.13. The van der Waals surface area contributed by atoms with E-state index in [1.165, 1.54) is 4.88 Å². The van der Waals surface area contributed by atoms with Crippen LogP contribution in [0.25, 0.3) is 0 Å². The van der Waals surface area contributed by atoms with Gasteiger partial charge < -0.3 is 5.73 Å². The zero-order valence-electron chi connectivity index (χ0n) is 8.63. The third-order valence-corrected chi connectivity index (χ3v) is 2.98. The lowest BCUT2D eigenvalue weighted by Crippen LogP contribution is -2.37. The number of hydrogen-bond donors (Lipinski definition) is 1. The number of nitrogens with zero attached hydrogens (tertiary/aromatic N) is 1. The first-order valence-electron chi connectivity index (χ1n) is 4.74. The number of thiazole rings is 1. The highest BCUT2D eigenvalue weighted by Crippen LogP contribution is 2.20. The summed E-state index contributed by atoms with van der Waals surface area (Å²) in [6.45, 7) is 6.32. The van der Waals surface area contributed by atoms with Crippen LogP contribution >= 0.6 is 11.3 Å². The molecule has 0 aliphatic carbocycles. The molecule has 1 rings (SSSR count). The van der Waals surface area contributed by atoms with Crippen molar-refractivity contribution in [3.63, 3.8) is 0 Å². The summed E-state index contributed by atoms with van der Waals surface area (Å²) < 4.78 is 0. The summed E-state index contributed by atoms with van der Waals surface area (Å²) >= 11 is 1.75. The van der Waals surface area contributed by atoms with Crippen LogP contribution in [0.2, 0.25) is 0 Å². The van der Waals surface area contributed by atoms with Gasteiger partial charge in [0, 0.05) is 23.0 Å². The zero-order valence-corrected chi connectivity index (χ0v) is 9.45. The summed E-state index contributed by atoms with van der Waals surface area (Å²) in [6.07, 6.45) is 5.11. The molecule has 0 aromatic carbocycles. The van der Waals surface area contributed by atoms with Crippen LogP contribution in [0, 0.1) is 6.92 Å².